The molecule has 0 unspecified atom stereocenters. The highest BCUT2D eigenvalue weighted by molar-refractivity contribution is 9.10. The van der Waals surface area contributed by atoms with Crippen molar-refractivity contribution in [2.45, 2.75) is 6.92 Å². The number of hydrogen-bond acceptors (Lipinski definition) is 1. The highest BCUT2D eigenvalue weighted by atomic mass is 79.9. The molecule has 2 nitrogen and oxygen atoms in total. The molecule has 0 saturated heterocycles. The lowest BCUT2D eigenvalue weighted by atomic mass is 10.2. The van der Waals surface area contributed by atoms with Gasteiger partial charge in [0.25, 0.3) is 0 Å². The van der Waals surface area contributed by atoms with E-state index in [1.54, 1.807) is 12.1 Å². The maximum Gasteiger partial charge on any atom is 0.385 e. The molecule has 0 fully saturated rings. The summed E-state index contributed by atoms with van der Waals surface area (Å²) in [6, 6.07) is 5.38. The molecule has 1 rings (SSSR count). The van der Waals surface area contributed by atoms with Gasteiger partial charge in [0, 0.05) is 16.6 Å². The highest BCUT2D eigenvalue weighted by Gasteiger charge is 2.04. The molecule has 0 amide bonds. The van der Waals surface area contributed by atoms with Crippen molar-refractivity contribution < 1.29 is 0 Å². The monoisotopic (exact) mass is 197 g/mol. The molecule has 0 aliphatic heterocycles. The minimum Gasteiger partial charge on any atom is -0.0505 e. The number of halogens is 1. The average molecular weight is 198 g/mol. The Morgan fingerprint density at radius 3 is 2.70 bits per heavy atom. The molecule has 3 heteroatoms. The van der Waals surface area contributed by atoms with Gasteiger partial charge in [-0.2, -0.15) is 0 Å². The van der Waals surface area contributed by atoms with Crippen LogP contribution in [0.1, 0.15) is 5.56 Å². The smallest absolute Gasteiger partial charge is 0.0505 e. The van der Waals surface area contributed by atoms with Gasteiger partial charge in [0.05, 0.1) is 0 Å². The molecule has 1 aromatic carbocycles. The third-order valence-electron chi connectivity index (χ3n) is 1.26. The lowest BCUT2D eigenvalue weighted by Gasteiger charge is -1.90. The van der Waals surface area contributed by atoms with Crippen molar-refractivity contribution >= 4 is 21.6 Å². The second kappa shape index (κ2) is 2.80. The molecule has 0 heterocycles. The van der Waals surface area contributed by atoms with Gasteiger partial charge in [0.2, 0.25) is 5.39 Å². The standard InChI is InChI=1S/C7H6BrN2/c1-5-4-6(10-9)2-3-7(5)8/h2-4H,1H3/q+1. The molecule has 0 bridgehead atoms. The summed E-state index contributed by atoms with van der Waals surface area (Å²) >= 11 is 3.34. The van der Waals surface area contributed by atoms with Crippen LogP contribution in [0.4, 0.5) is 5.69 Å². The second-order valence-electron chi connectivity index (χ2n) is 2.03. The summed E-state index contributed by atoms with van der Waals surface area (Å²) < 4.78 is 1.03. The van der Waals surface area contributed by atoms with Crippen LogP contribution in [0.2, 0.25) is 0 Å². The largest absolute Gasteiger partial charge is 0.385 e. The van der Waals surface area contributed by atoms with Crippen LogP contribution in [0.25, 0.3) is 4.98 Å². The molecule has 0 aromatic heterocycles. The Bertz CT molecular complexity index is 288. The number of rotatable bonds is 0. The van der Waals surface area contributed by atoms with Gasteiger partial charge >= 0.3 is 5.69 Å². The van der Waals surface area contributed by atoms with E-state index in [1.165, 1.54) is 0 Å². The van der Waals surface area contributed by atoms with Crippen LogP contribution in [-0.4, -0.2) is 0 Å². The van der Waals surface area contributed by atoms with Crippen molar-refractivity contribution in [3.63, 3.8) is 0 Å². The van der Waals surface area contributed by atoms with Gasteiger partial charge in [0.1, 0.15) is 0 Å². The van der Waals surface area contributed by atoms with Crippen molar-refractivity contribution in [3.05, 3.63) is 33.2 Å². The Kier molecular flexibility index (Phi) is 2.03. The van der Waals surface area contributed by atoms with Crippen LogP contribution in [0.5, 0.6) is 0 Å². The van der Waals surface area contributed by atoms with Crippen molar-refractivity contribution in [3.8, 4) is 0 Å². The van der Waals surface area contributed by atoms with Crippen molar-refractivity contribution in [2.75, 3.05) is 0 Å². The Morgan fingerprint density at radius 2 is 2.20 bits per heavy atom. The van der Waals surface area contributed by atoms with Crippen molar-refractivity contribution in [1.82, 2.24) is 0 Å². The molecule has 50 valence electrons. The predicted octanol–water partition coefficient (Wildman–Crippen LogP) is 3.24. The summed E-state index contributed by atoms with van der Waals surface area (Å²) in [7, 11) is 0. The van der Waals surface area contributed by atoms with Gasteiger partial charge in [-0.05, 0) is 18.6 Å². The minimum absolute atomic E-state index is 0.584. The average Bonchev–Trinajstić information content (AvgIpc) is 1.95. The first-order valence-corrected chi connectivity index (χ1v) is 3.64. The quantitative estimate of drug-likeness (QED) is 0.588. The first-order valence-electron chi connectivity index (χ1n) is 2.85. The summed E-state index contributed by atoms with van der Waals surface area (Å²) in [5.74, 6) is 0. The van der Waals surface area contributed by atoms with E-state index >= 15 is 0 Å². The van der Waals surface area contributed by atoms with E-state index in [1.807, 2.05) is 13.0 Å². The number of hydrogen-bond donors (Lipinski definition) is 0. The van der Waals surface area contributed by atoms with Gasteiger partial charge in [0.15, 0.2) is 4.98 Å². The molecule has 1 aromatic rings. The number of benzene rings is 1. The van der Waals surface area contributed by atoms with Gasteiger partial charge in [-0.15, -0.1) is 0 Å². The predicted molar refractivity (Wildman–Crippen MR) is 43.6 cm³/mol. The second-order valence-corrected chi connectivity index (χ2v) is 2.89. The molecule has 0 atom stereocenters. The zero-order valence-corrected chi connectivity index (χ0v) is 7.09. The van der Waals surface area contributed by atoms with Crippen molar-refractivity contribution in [1.29, 1.82) is 5.39 Å². The van der Waals surface area contributed by atoms with Crippen LogP contribution < -0.4 is 0 Å². The van der Waals surface area contributed by atoms with Gasteiger partial charge in [-0.1, -0.05) is 15.9 Å². The molecule has 10 heavy (non-hydrogen) atoms. The molecule has 0 aliphatic rings. The molecule has 0 saturated carbocycles. The SMILES string of the molecule is Cc1cc([N+]#N)ccc1Br. The van der Waals surface area contributed by atoms with Crippen molar-refractivity contribution in [2.24, 2.45) is 0 Å². The van der Waals surface area contributed by atoms with E-state index in [-0.39, 0.29) is 0 Å². The normalized spacial score (nSPS) is 8.90. The first kappa shape index (κ1) is 7.23. The van der Waals surface area contributed by atoms with E-state index in [4.69, 9.17) is 5.39 Å². The van der Waals surface area contributed by atoms with E-state index in [2.05, 4.69) is 20.9 Å². The fraction of sp³-hybridized carbons (Fsp3) is 0.143. The summed E-state index contributed by atoms with van der Waals surface area (Å²) in [6.07, 6.45) is 0. The fourth-order valence-electron chi connectivity index (χ4n) is 0.691. The minimum atomic E-state index is 0.584. The van der Waals surface area contributed by atoms with Crippen LogP contribution >= 0.6 is 15.9 Å². The maximum absolute atomic E-state index is 8.36. The molecule has 0 aliphatic carbocycles. The first-order chi connectivity index (χ1) is 4.74. The van der Waals surface area contributed by atoms with E-state index in [9.17, 15) is 0 Å². The van der Waals surface area contributed by atoms with Crippen LogP contribution in [0.3, 0.4) is 0 Å². The van der Waals surface area contributed by atoms with E-state index < -0.39 is 0 Å². The van der Waals surface area contributed by atoms with E-state index in [0.717, 1.165) is 10.0 Å². The third-order valence-corrected chi connectivity index (χ3v) is 2.15. The third kappa shape index (κ3) is 1.34. The topological polar surface area (TPSA) is 28.1 Å². The maximum atomic E-state index is 8.36. The molecular weight excluding hydrogens is 192 g/mol. The lowest BCUT2D eigenvalue weighted by molar-refractivity contribution is 1.41. The number of aryl methyl sites for hydroxylation is 1. The zero-order valence-electron chi connectivity index (χ0n) is 5.50. The van der Waals surface area contributed by atoms with Gasteiger partial charge in [-0.3, -0.25) is 0 Å². The molecule has 0 radical (unpaired) electrons. The Labute approximate surface area is 67.6 Å². The number of nitrogens with zero attached hydrogens (tertiary/aromatic N) is 2. The number of diazo groups is 1. The Morgan fingerprint density at radius 1 is 1.50 bits per heavy atom. The summed E-state index contributed by atoms with van der Waals surface area (Å²) in [5, 5.41) is 8.36. The van der Waals surface area contributed by atoms with Crippen LogP contribution in [0, 0.1) is 12.3 Å². The van der Waals surface area contributed by atoms with Crippen LogP contribution in [-0.2, 0) is 0 Å². The molecular formula is C7H6BrN2+. The van der Waals surface area contributed by atoms with Gasteiger partial charge in [-0.25, -0.2) is 0 Å². The Hall–Kier alpha value is -0.880. The fourth-order valence-corrected chi connectivity index (χ4v) is 0.938. The summed E-state index contributed by atoms with van der Waals surface area (Å²) in [5.41, 5.74) is 1.65. The van der Waals surface area contributed by atoms with E-state index in [0.29, 0.717) is 5.69 Å². The summed E-state index contributed by atoms with van der Waals surface area (Å²) in [6.45, 7) is 1.94. The van der Waals surface area contributed by atoms with Gasteiger partial charge < -0.3 is 0 Å². The van der Waals surface area contributed by atoms with Crippen LogP contribution in [0.15, 0.2) is 22.7 Å². The Balaban J connectivity index is 3.20. The summed E-state index contributed by atoms with van der Waals surface area (Å²) in [4.78, 5) is 3.05. The highest BCUT2D eigenvalue weighted by Crippen LogP contribution is 2.21. The lowest BCUT2D eigenvalue weighted by Crippen LogP contribution is -1.71. The zero-order chi connectivity index (χ0) is 7.56. The molecule has 0 spiro atoms. The molecule has 0 N–H and O–H groups in total.